The van der Waals surface area contributed by atoms with E-state index in [1.54, 1.807) is 12.0 Å². The van der Waals surface area contributed by atoms with Gasteiger partial charge in [0, 0.05) is 19.5 Å². The monoisotopic (exact) mass is 334 g/mol. The number of ether oxygens (including phenoxy) is 2. The number of carbonyl (C=O) groups excluding carboxylic acids is 2. The quantitative estimate of drug-likeness (QED) is 0.786. The standard InChI is InChI=1S/C18H26N2O4/c1-13(2)11-19-18(22)14-10-17(21)20(12-14)8-9-24-16-6-4-15(23-3)5-7-16/h4-7,13-14H,8-12H2,1-3H3,(H,19,22). The highest BCUT2D eigenvalue weighted by Gasteiger charge is 2.33. The third-order valence-corrected chi connectivity index (χ3v) is 3.96. The minimum Gasteiger partial charge on any atom is -0.497 e. The number of methoxy groups -OCH3 is 1. The van der Waals surface area contributed by atoms with Gasteiger partial charge in [-0.25, -0.2) is 0 Å². The van der Waals surface area contributed by atoms with Crippen LogP contribution in [-0.2, 0) is 9.59 Å². The Bertz CT molecular complexity index is 557. The molecule has 1 N–H and O–H groups in total. The highest BCUT2D eigenvalue weighted by atomic mass is 16.5. The second-order valence-corrected chi connectivity index (χ2v) is 6.40. The molecule has 1 aromatic carbocycles. The Morgan fingerprint density at radius 1 is 1.29 bits per heavy atom. The van der Waals surface area contributed by atoms with Crippen molar-refractivity contribution in [3.63, 3.8) is 0 Å². The third-order valence-electron chi connectivity index (χ3n) is 3.96. The molecule has 2 rings (SSSR count). The molecule has 0 spiro atoms. The van der Waals surface area contributed by atoms with E-state index in [1.807, 2.05) is 38.1 Å². The Morgan fingerprint density at radius 3 is 2.58 bits per heavy atom. The second kappa shape index (κ2) is 8.57. The van der Waals surface area contributed by atoms with E-state index in [-0.39, 0.29) is 24.2 Å². The van der Waals surface area contributed by atoms with Crippen LogP contribution in [0, 0.1) is 11.8 Å². The third kappa shape index (κ3) is 5.15. The maximum Gasteiger partial charge on any atom is 0.225 e. The molecule has 0 saturated carbocycles. The molecule has 0 aromatic heterocycles. The summed E-state index contributed by atoms with van der Waals surface area (Å²) in [7, 11) is 1.61. The van der Waals surface area contributed by atoms with Gasteiger partial charge in [-0.05, 0) is 30.2 Å². The zero-order chi connectivity index (χ0) is 17.5. The number of hydrogen-bond acceptors (Lipinski definition) is 4. The van der Waals surface area contributed by atoms with Crippen molar-refractivity contribution in [3.8, 4) is 11.5 Å². The first-order chi connectivity index (χ1) is 11.5. The predicted molar refractivity (Wildman–Crippen MR) is 91.0 cm³/mol. The molecular formula is C18H26N2O4. The van der Waals surface area contributed by atoms with E-state index >= 15 is 0 Å². The molecular weight excluding hydrogens is 308 g/mol. The number of amides is 2. The lowest BCUT2D eigenvalue weighted by atomic mass is 10.1. The highest BCUT2D eigenvalue weighted by Crippen LogP contribution is 2.19. The molecule has 0 radical (unpaired) electrons. The summed E-state index contributed by atoms with van der Waals surface area (Å²) < 4.78 is 10.7. The Morgan fingerprint density at radius 2 is 1.96 bits per heavy atom. The van der Waals surface area contributed by atoms with Gasteiger partial charge < -0.3 is 19.7 Å². The van der Waals surface area contributed by atoms with Crippen molar-refractivity contribution in [3.05, 3.63) is 24.3 Å². The fourth-order valence-electron chi connectivity index (χ4n) is 2.56. The Labute approximate surface area is 143 Å². The van der Waals surface area contributed by atoms with Crippen LogP contribution in [0.25, 0.3) is 0 Å². The van der Waals surface area contributed by atoms with E-state index in [4.69, 9.17) is 9.47 Å². The van der Waals surface area contributed by atoms with Gasteiger partial charge in [0.15, 0.2) is 0 Å². The molecule has 1 fully saturated rings. The average molecular weight is 334 g/mol. The second-order valence-electron chi connectivity index (χ2n) is 6.40. The molecule has 0 aliphatic carbocycles. The lowest BCUT2D eigenvalue weighted by Gasteiger charge is -2.17. The summed E-state index contributed by atoms with van der Waals surface area (Å²) in [6.07, 6.45) is 0.284. The van der Waals surface area contributed by atoms with Crippen LogP contribution in [0.1, 0.15) is 20.3 Å². The number of carbonyl (C=O) groups is 2. The van der Waals surface area contributed by atoms with Crippen LogP contribution in [0.5, 0.6) is 11.5 Å². The van der Waals surface area contributed by atoms with Gasteiger partial charge in [-0.3, -0.25) is 9.59 Å². The van der Waals surface area contributed by atoms with Gasteiger partial charge in [-0.15, -0.1) is 0 Å². The van der Waals surface area contributed by atoms with Crippen LogP contribution in [-0.4, -0.2) is 50.1 Å². The zero-order valence-corrected chi connectivity index (χ0v) is 14.6. The lowest BCUT2D eigenvalue weighted by molar-refractivity contribution is -0.129. The summed E-state index contributed by atoms with van der Waals surface area (Å²) in [6.45, 7) is 6.09. The van der Waals surface area contributed by atoms with E-state index in [1.165, 1.54) is 0 Å². The number of hydrogen-bond donors (Lipinski definition) is 1. The minimum atomic E-state index is -0.253. The van der Waals surface area contributed by atoms with Gasteiger partial charge in [-0.2, -0.15) is 0 Å². The molecule has 6 nitrogen and oxygen atoms in total. The van der Waals surface area contributed by atoms with E-state index in [9.17, 15) is 9.59 Å². The minimum absolute atomic E-state index is 0.0121. The predicted octanol–water partition coefficient (Wildman–Crippen LogP) is 1.69. The molecule has 1 unspecified atom stereocenters. The van der Waals surface area contributed by atoms with Crippen LogP contribution >= 0.6 is 0 Å². The van der Waals surface area contributed by atoms with Gasteiger partial charge in [0.1, 0.15) is 18.1 Å². The van der Waals surface area contributed by atoms with E-state index in [0.717, 1.165) is 11.5 Å². The molecule has 132 valence electrons. The summed E-state index contributed by atoms with van der Waals surface area (Å²) in [5.41, 5.74) is 0. The fraction of sp³-hybridized carbons (Fsp3) is 0.556. The summed E-state index contributed by atoms with van der Waals surface area (Å²) in [5.74, 6) is 1.63. The molecule has 1 aromatic rings. The maximum atomic E-state index is 12.1. The van der Waals surface area contributed by atoms with Crippen LogP contribution < -0.4 is 14.8 Å². The molecule has 1 saturated heterocycles. The van der Waals surface area contributed by atoms with Gasteiger partial charge in [0.05, 0.1) is 19.6 Å². The number of rotatable bonds is 8. The normalized spacial score (nSPS) is 17.2. The van der Waals surface area contributed by atoms with Crippen LogP contribution in [0.15, 0.2) is 24.3 Å². The number of nitrogens with zero attached hydrogens (tertiary/aromatic N) is 1. The lowest BCUT2D eigenvalue weighted by Crippen LogP contribution is -2.35. The molecule has 1 aliphatic rings. The molecule has 0 bridgehead atoms. The van der Waals surface area contributed by atoms with Crippen LogP contribution in [0.2, 0.25) is 0 Å². The van der Waals surface area contributed by atoms with Gasteiger partial charge in [0.25, 0.3) is 0 Å². The van der Waals surface area contributed by atoms with Crippen molar-refractivity contribution >= 4 is 11.8 Å². The Kier molecular flexibility index (Phi) is 6.46. The topological polar surface area (TPSA) is 67.9 Å². The summed E-state index contributed by atoms with van der Waals surface area (Å²) >= 11 is 0. The van der Waals surface area contributed by atoms with Gasteiger partial charge >= 0.3 is 0 Å². The first kappa shape index (κ1) is 18.1. The summed E-state index contributed by atoms with van der Waals surface area (Å²) in [4.78, 5) is 25.8. The van der Waals surface area contributed by atoms with E-state index in [0.29, 0.717) is 32.2 Å². The van der Waals surface area contributed by atoms with Crippen molar-refractivity contribution in [1.29, 1.82) is 0 Å². The Balaban J connectivity index is 1.74. The summed E-state index contributed by atoms with van der Waals surface area (Å²) in [5, 5.41) is 2.90. The molecule has 6 heteroatoms. The molecule has 24 heavy (non-hydrogen) atoms. The zero-order valence-electron chi connectivity index (χ0n) is 14.6. The van der Waals surface area contributed by atoms with Gasteiger partial charge in [-0.1, -0.05) is 13.8 Å². The largest absolute Gasteiger partial charge is 0.497 e. The number of nitrogens with one attached hydrogen (secondary N) is 1. The van der Waals surface area contributed by atoms with Crippen molar-refractivity contribution in [1.82, 2.24) is 10.2 Å². The van der Waals surface area contributed by atoms with Gasteiger partial charge in [0.2, 0.25) is 11.8 Å². The Hall–Kier alpha value is -2.24. The average Bonchev–Trinajstić information content (AvgIpc) is 2.94. The van der Waals surface area contributed by atoms with Crippen molar-refractivity contribution in [2.24, 2.45) is 11.8 Å². The van der Waals surface area contributed by atoms with Crippen molar-refractivity contribution in [2.45, 2.75) is 20.3 Å². The SMILES string of the molecule is COc1ccc(OCCN2CC(C(=O)NCC(C)C)CC2=O)cc1. The molecule has 1 aliphatic heterocycles. The highest BCUT2D eigenvalue weighted by molar-refractivity contribution is 5.89. The van der Waals surface area contributed by atoms with Crippen LogP contribution in [0.4, 0.5) is 0 Å². The molecule has 2 amide bonds. The van der Waals surface area contributed by atoms with Crippen molar-refractivity contribution < 1.29 is 19.1 Å². The fourth-order valence-corrected chi connectivity index (χ4v) is 2.56. The molecule has 1 atom stereocenters. The van der Waals surface area contributed by atoms with Crippen molar-refractivity contribution in [2.75, 3.05) is 33.4 Å². The molecule has 1 heterocycles. The first-order valence-corrected chi connectivity index (χ1v) is 8.32. The van der Waals surface area contributed by atoms with Crippen LogP contribution in [0.3, 0.4) is 0 Å². The number of benzene rings is 1. The van der Waals surface area contributed by atoms with E-state index < -0.39 is 0 Å². The summed E-state index contributed by atoms with van der Waals surface area (Å²) in [6, 6.07) is 7.30. The first-order valence-electron chi connectivity index (χ1n) is 8.32. The maximum absolute atomic E-state index is 12.1. The smallest absolute Gasteiger partial charge is 0.225 e. The number of likely N-dealkylation sites (tertiary alicyclic amines) is 1. The van der Waals surface area contributed by atoms with E-state index in [2.05, 4.69) is 5.32 Å².